The van der Waals surface area contributed by atoms with Crippen LogP contribution in [0.5, 0.6) is 5.75 Å². The van der Waals surface area contributed by atoms with Crippen molar-refractivity contribution >= 4 is 22.2 Å². The summed E-state index contributed by atoms with van der Waals surface area (Å²) >= 11 is 0. The van der Waals surface area contributed by atoms with Crippen LogP contribution in [0, 0.1) is 46.3 Å². The number of carbonyl (C=O) groups excluding carboxylic acids is 2. The maximum absolute atomic E-state index is 12.4. The van der Waals surface area contributed by atoms with E-state index in [1.807, 2.05) is 0 Å². The van der Waals surface area contributed by atoms with Crippen LogP contribution >= 0.6 is 0 Å². The lowest BCUT2D eigenvalue weighted by atomic mass is 9.44. The van der Waals surface area contributed by atoms with E-state index in [4.69, 9.17) is 14.0 Å². The molecule has 1 unspecified atom stereocenters. The fraction of sp³-hybridized carbons (Fsp3) is 0.742. The molecule has 0 bridgehead atoms. The number of carbonyl (C=O) groups is 2. The first-order chi connectivity index (χ1) is 18.4. The maximum atomic E-state index is 12.4. The summed E-state index contributed by atoms with van der Waals surface area (Å²) in [4.78, 5) is 24.2. The first-order valence-corrected chi connectivity index (χ1v) is 16.4. The lowest BCUT2D eigenvalue weighted by molar-refractivity contribution is -0.139. The van der Waals surface area contributed by atoms with Gasteiger partial charge in [-0.05, 0) is 128 Å². The lowest BCUT2D eigenvalue weighted by Gasteiger charge is -2.61. The van der Waals surface area contributed by atoms with E-state index in [9.17, 15) is 18.0 Å². The van der Waals surface area contributed by atoms with Crippen LogP contribution in [0.1, 0.15) is 97.8 Å². The molecule has 0 heterocycles. The van der Waals surface area contributed by atoms with Crippen LogP contribution in [-0.4, -0.2) is 25.1 Å². The van der Waals surface area contributed by atoms with E-state index in [1.54, 1.807) is 0 Å². The normalized spacial score (nSPS) is 36.7. The van der Waals surface area contributed by atoms with E-state index in [1.165, 1.54) is 76.3 Å². The van der Waals surface area contributed by atoms with Crippen molar-refractivity contribution in [3.05, 3.63) is 24.3 Å². The molecule has 39 heavy (non-hydrogen) atoms. The molecule has 1 aromatic carbocycles. The van der Waals surface area contributed by atoms with Crippen molar-refractivity contribution in [1.29, 1.82) is 0 Å². The number of ether oxygens (including phenoxy) is 2. The zero-order valence-electron chi connectivity index (χ0n) is 23.6. The summed E-state index contributed by atoms with van der Waals surface area (Å²) in [5.74, 6) is 3.81. The fourth-order valence-corrected chi connectivity index (χ4v) is 10.2. The Morgan fingerprint density at radius 2 is 1.67 bits per heavy atom. The van der Waals surface area contributed by atoms with Crippen LogP contribution < -0.4 is 4.74 Å². The Balaban J connectivity index is 1.13. The molecule has 0 amide bonds. The molecule has 4 aliphatic carbocycles. The van der Waals surface area contributed by atoms with Crippen molar-refractivity contribution in [1.82, 2.24) is 0 Å². The molecule has 1 N–H and O–H groups in total. The Bertz CT molecular complexity index is 1180. The van der Waals surface area contributed by atoms with Gasteiger partial charge < -0.3 is 9.47 Å². The quantitative estimate of drug-likeness (QED) is 0.167. The average Bonchev–Trinajstić information content (AvgIpc) is 3.24. The molecular weight excluding hydrogens is 516 g/mol. The second-order valence-corrected chi connectivity index (χ2v) is 14.8. The molecule has 8 atom stereocenters. The molecule has 4 aliphatic rings. The molecule has 216 valence electrons. The van der Waals surface area contributed by atoms with Gasteiger partial charge >= 0.3 is 12.1 Å². The minimum atomic E-state index is -4.34. The third-order valence-electron chi connectivity index (χ3n) is 11.7. The van der Waals surface area contributed by atoms with Crippen LogP contribution in [0.25, 0.3) is 0 Å². The summed E-state index contributed by atoms with van der Waals surface area (Å²) in [6.45, 7) is 7.41. The van der Waals surface area contributed by atoms with Gasteiger partial charge in [-0.25, -0.2) is 4.79 Å². The second-order valence-electron chi connectivity index (χ2n) is 13.4. The van der Waals surface area contributed by atoms with E-state index >= 15 is 0 Å². The van der Waals surface area contributed by atoms with E-state index in [-0.39, 0.29) is 17.1 Å². The molecule has 5 rings (SSSR count). The van der Waals surface area contributed by atoms with E-state index in [0.29, 0.717) is 29.1 Å². The molecule has 8 heteroatoms. The minimum absolute atomic E-state index is 0.0187. The highest BCUT2D eigenvalue weighted by molar-refractivity contribution is 7.85. The predicted octanol–water partition coefficient (Wildman–Crippen LogP) is 7.44. The Morgan fingerprint density at radius 1 is 0.949 bits per heavy atom. The first-order valence-electron chi connectivity index (χ1n) is 14.9. The Hall–Kier alpha value is -1.93. The molecule has 7 nitrogen and oxygen atoms in total. The van der Waals surface area contributed by atoms with Crippen molar-refractivity contribution in [2.75, 3.05) is 0 Å². The fourth-order valence-electron chi connectivity index (χ4n) is 9.76. The Morgan fingerprint density at radius 3 is 2.38 bits per heavy atom. The molecule has 4 fully saturated rings. The molecule has 0 aliphatic heterocycles. The monoisotopic (exact) mass is 560 g/mol. The van der Waals surface area contributed by atoms with Gasteiger partial charge in [0, 0.05) is 6.42 Å². The SMILES string of the molecule is C[C@H](CCC(=O)OC(=O)Oc1ccc(S(=O)(=O)O)cc1)[C@H]1CC[C@H]2[C@@H]3CCC4CCCC[C@]4(C)[C@H]3CC[C@]12C. The second kappa shape index (κ2) is 10.8. The number of esters is 1. The molecule has 4 saturated carbocycles. The van der Waals surface area contributed by atoms with Gasteiger partial charge in [-0.2, -0.15) is 8.42 Å². The Labute approximate surface area is 233 Å². The van der Waals surface area contributed by atoms with Crippen molar-refractivity contribution in [2.24, 2.45) is 46.3 Å². The molecule has 0 radical (unpaired) electrons. The van der Waals surface area contributed by atoms with E-state index in [0.717, 1.165) is 35.8 Å². The van der Waals surface area contributed by atoms with Gasteiger partial charge in [-0.3, -0.25) is 9.35 Å². The van der Waals surface area contributed by atoms with E-state index < -0.39 is 22.2 Å². The molecule has 1 aromatic rings. The number of hydrogen-bond acceptors (Lipinski definition) is 6. The smallest absolute Gasteiger partial charge is 0.395 e. The number of hydrogen-bond donors (Lipinski definition) is 1. The average molecular weight is 561 g/mol. The third-order valence-corrected chi connectivity index (χ3v) is 12.5. The first kappa shape index (κ1) is 28.6. The summed E-state index contributed by atoms with van der Waals surface area (Å²) in [5.41, 5.74) is 0.874. The zero-order valence-corrected chi connectivity index (χ0v) is 24.4. The van der Waals surface area contributed by atoms with Gasteiger partial charge in [0.15, 0.2) is 0 Å². The molecular formula is C31H44O7S. The van der Waals surface area contributed by atoms with Crippen LogP contribution in [0.4, 0.5) is 4.79 Å². The highest BCUT2D eigenvalue weighted by atomic mass is 32.2. The van der Waals surface area contributed by atoms with Gasteiger partial charge in [-0.1, -0.05) is 33.6 Å². The predicted molar refractivity (Wildman–Crippen MR) is 147 cm³/mol. The van der Waals surface area contributed by atoms with Gasteiger partial charge in [0.2, 0.25) is 0 Å². The number of fused-ring (bicyclic) bond motifs is 5. The Kier molecular flexibility index (Phi) is 7.92. The summed E-state index contributed by atoms with van der Waals surface area (Å²) in [6, 6.07) is 4.63. The lowest BCUT2D eigenvalue weighted by Crippen LogP contribution is -2.53. The maximum Gasteiger partial charge on any atom is 0.521 e. The van der Waals surface area contributed by atoms with Crippen LogP contribution in [0.3, 0.4) is 0 Å². The molecule has 0 aromatic heterocycles. The van der Waals surface area contributed by atoms with Crippen molar-refractivity contribution < 1.29 is 32.0 Å². The van der Waals surface area contributed by atoms with Crippen molar-refractivity contribution in [3.8, 4) is 5.75 Å². The van der Waals surface area contributed by atoms with Gasteiger partial charge in [0.1, 0.15) is 5.75 Å². The molecule has 0 spiro atoms. The summed E-state index contributed by atoms with van der Waals surface area (Å²) < 4.78 is 41.2. The minimum Gasteiger partial charge on any atom is -0.395 e. The van der Waals surface area contributed by atoms with Gasteiger partial charge in [0.05, 0.1) is 4.90 Å². The highest BCUT2D eigenvalue weighted by Gasteiger charge is 2.60. The molecule has 0 saturated heterocycles. The topological polar surface area (TPSA) is 107 Å². The van der Waals surface area contributed by atoms with Crippen LogP contribution in [0.15, 0.2) is 29.2 Å². The third kappa shape index (κ3) is 5.52. The van der Waals surface area contributed by atoms with E-state index in [2.05, 4.69) is 20.8 Å². The zero-order chi connectivity index (χ0) is 28.0. The largest absolute Gasteiger partial charge is 0.521 e. The number of benzene rings is 1. The van der Waals surface area contributed by atoms with Gasteiger partial charge in [0.25, 0.3) is 10.1 Å². The van der Waals surface area contributed by atoms with Crippen molar-refractivity contribution in [2.45, 2.75) is 103 Å². The van der Waals surface area contributed by atoms with Gasteiger partial charge in [-0.15, -0.1) is 0 Å². The number of rotatable bonds is 6. The standard InChI is InChI=1S/C31H44O7S/c1-20(7-16-28(32)38-29(33)37-22-9-11-23(12-10-22)39(34,35)36)25-14-15-26-24-13-8-21-6-4-5-18-30(21,2)27(24)17-19-31(25,26)3/h9-12,20-21,24-27H,4-8,13-19H2,1-3H3,(H,34,35,36)/t20-,21?,24+,25-,26+,27+,30+,31-/m1/s1. The van der Waals surface area contributed by atoms with Crippen LogP contribution in [-0.2, 0) is 19.6 Å². The summed E-state index contributed by atoms with van der Waals surface area (Å²) in [7, 11) is -4.34. The highest BCUT2D eigenvalue weighted by Crippen LogP contribution is 2.68. The van der Waals surface area contributed by atoms with Crippen LogP contribution in [0.2, 0.25) is 0 Å². The summed E-state index contributed by atoms with van der Waals surface area (Å²) in [5, 5.41) is 0. The summed E-state index contributed by atoms with van der Waals surface area (Å²) in [6.07, 6.45) is 13.4. The van der Waals surface area contributed by atoms with Crippen molar-refractivity contribution in [3.63, 3.8) is 0 Å².